The molecule has 2 amide bonds. The van der Waals surface area contributed by atoms with Gasteiger partial charge in [-0.3, -0.25) is 0 Å². The van der Waals surface area contributed by atoms with Gasteiger partial charge in [0, 0.05) is 14.1 Å². The summed E-state index contributed by atoms with van der Waals surface area (Å²) in [7, 11) is 3.72. The number of amidine groups is 1. The minimum Gasteiger partial charge on any atom is -0.361 e. The van der Waals surface area contributed by atoms with Gasteiger partial charge in [-0.1, -0.05) is 30.3 Å². The molecule has 1 aliphatic heterocycles. The number of hydrogen-bond donors (Lipinski definition) is 1. The molecule has 0 radical (unpaired) electrons. The second-order valence-corrected chi connectivity index (χ2v) is 3.73. The molecule has 1 aromatic carbocycles. The number of carbonyl (C=O) groups excluding carboxylic acids is 1. The number of urea groups is 1. The van der Waals surface area contributed by atoms with E-state index in [-0.39, 0.29) is 6.03 Å². The lowest BCUT2D eigenvalue weighted by atomic mass is 10.2. The molecular formula is C12H13N3O. The Kier molecular flexibility index (Phi) is 2.72. The van der Waals surface area contributed by atoms with Crippen molar-refractivity contribution in [1.82, 2.24) is 10.2 Å². The van der Waals surface area contributed by atoms with Crippen LogP contribution < -0.4 is 5.32 Å². The summed E-state index contributed by atoms with van der Waals surface area (Å²) < 4.78 is 0. The number of hydrogen-bond acceptors (Lipinski definition) is 2. The van der Waals surface area contributed by atoms with Crippen LogP contribution in [0.3, 0.4) is 0 Å². The van der Waals surface area contributed by atoms with E-state index in [2.05, 4.69) is 10.3 Å². The summed E-state index contributed by atoms with van der Waals surface area (Å²) in [6, 6.07) is 9.50. The highest BCUT2D eigenvalue weighted by Gasteiger charge is 2.20. The van der Waals surface area contributed by atoms with Gasteiger partial charge in [-0.2, -0.15) is 4.99 Å². The lowest BCUT2D eigenvalue weighted by molar-refractivity contribution is 0.253. The molecule has 82 valence electrons. The van der Waals surface area contributed by atoms with Gasteiger partial charge in [0.2, 0.25) is 0 Å². The van der Waals surface area contributed by atoms with Crippen LogP contribution in [0.5, 0.6) is 0 Å². The highest BCUT2D eigenvalue weighted by atomic mass is 16.2. The van der Waals surface area contributed by atoms with E-state index in [0.717, 1.165) is 11.3 Å². The number of rotatable bonds is 1. The Morgan fingerprint density at radius 2 is 1.94 bits per heavy atom. The molecule has 0 spiro atoms. The zero-order valence-corrected chi connectivity index (χ0v) is 9.27. The molecule has 0 fully saturated rings. The van der Waals surface area contributed by atoms with E-state index in [1.807, 2.05) is 55.4 Å². The Bertz CT molecular complexity index is 460. The fraction of sp³-hybridized carbons (Fsp3) is 0.167. The molecule has 4 heteroatoms. The molecule has 0 unspecified atom stereocenters. The number of benzene rings is 1. The minimum atomic E-state index is -0.314. The van der Waals surface area contributed by atoms with Gasteiger partial charge in [-0.15, -0.1) is 0 Å². The van der Waals surface area contributed by atoms with Crippen molar-refractivity contribution in [3.8, 4) is 0 Å². The smallest absolute Gasteiger partial charge is 0.347 e. The largest absolute Gasteiger partial charge is 0.361 e. The topological polar surface area (TPSA) is 44.7 Å². The third-order valence-corrected chi connectivity index (χ3v) is 2.22. The van der Waals surface area contributed by atoms with Crippen molar-refractivity contribution < 1.29 is 4.79 Å². The van der Waals surface area contributed by atoms with E-state index in [1.165, 1.54) is 0 Å². The summed E-state index contributed by atoms with van der Waals surface area (Å²) in [5.74, 6) is 0.661. The Labute approximate surface area is 94.3 Å². The SMILES string of the molecule is CN(C)C1=NC(=O)NC1=Cc1ccccc1. The van der Waals surface area contributed by atoms with Crippen molar-refractivity contribution in [2.45, 2.75) is 0 Å². The van der Waals surface area contributed by atoms with Crippen molar-refractivity contribution in [1.29, 1.82) is 0 Å². The van der Waals surface area contributed by atoms with Crippen LogP contribution >= 0.6 is 0 Å². The van der Waals surface area contributed by atoms with Crippen LogP contribution in [0.15, 0.2) is 41.0 Å². The second kappa shape index (κ2) is 4.18. The van der Waals surface area contributed by atoms with E-state index < -0.39 is 0 Å². The Hall–Kier alpha value is -2.10. The number of nitrogens with one attached hydrogen (secondary N) is 1. The van der Waals surface area contributed by atoms with Gasteiger partial charge >= 0.3 is 6.03 Å². The third-order valence-electron chi connectivity index (χ3n) is 2.22. The van der Waals surface area contributed by atoms with Crippen LogP contribution in [0, 0.1) is 0 Å². The number of aliphatic imine (C=N–C) groups is 1. The molecule has 0 atom stereocenters. The molecule has 4 nitrogen and oxygen atoms in total. The fourth-order valence-electron chi connectivity index (χ4n) is 1.51. The lowest BCUT2D eigenvalue weighted by Gasteiger charge is -2.12. The van der Waals surface area contributed by atoms with Gasteiger partial charge in [0.05, 0.1) is 5.70 Å². The average molecular weight is 215 g/mol. The summed E-state index contributed by atoms with van der Waals surface area (Å²) in [5, 5.41) is 2.71. The predicted molar refractivity (Wildman–Crippen MR) is 64.1 cm³/mol. The summed E-state index contributed by atoms with van der Waals surface area (Å²) in [6.45, 7) is 0. The molecule has 1 aliphatic rings. The van der Waals surface area contributed by atoms with E-state index in [0.29, 0.717) is 5.84 Å². The Balaban J connectivity index is 2.32. The first-order chi connectivity index (χ1) is 7.66. The van der Waals surface area contributed by atoms with Crippen LogP contribution in [0.2, 0.25) is 0 Å². The molecule has 1 N–H and O–H groups in total. The molecule has 0 bridgehead atoms. The van der Waals surface area contributed by atoms with E-state index in [1.54, 1.807) is 0 Å². The second-order valence-electron chi connectivity index (χ2n) is 3.73. The molecule has 0 saturated heterocycles. The van der Waals surface area contributed by atoms with Crippen molar-refractivity contribution in [3.63, 3.8) is 0 Å². The fourth-order valence-corrected chi connectivity index (χ4v) is 1.51. The van der Waals surface area contributed by atoms with Gasteiger partial charge in [0.1, 0.15) is 0 Å². The van der Waals surface area contributed by atoms with Gasteiger partial charge in [0.15, 0.2) is 5.84 Å². The maximum atomic E-state index is 11.2. The van der Waals surface area contributed by atoms with Crippen molar-refractivity contribution in [2.24, 2.45) is 4.99 Å². The van der Waals surface area contributed by atoms with E-state index in [9.17, 15) is 4.79 Å². The molecule has 1 heterocycles. The first kappa shape index (κ1) is 10.4. The molecule has 0 saturated carbocycles. The highest BCUT2D eigenvalue weighted by molar-refractivity contribution is 6.13. The molecule has 0 aromatic heterocycles. The summed E-state index contributed by atoms with van der Waals surface area (Å²) >= 11 is 0. The van der Waals surface area contributed by atoms with Crippen LogP contribution in [-0.4, -0.2) is 30.9 Å². The molecule has 2 rings (SSSR count). The van der Waals surface area contributed by atoms with E-state index >= 15 is 0 Å². The van der Waals surface area contributed by atoms with Crippen LogP contribution in [0.1, 0.15) is 5.56 Å². The molecule has 16 heavy (non-hydrogen) atoms. The molecule has 1 aromatic rings. The predicted octanol–water partition coefficient (Wildman–Crippen LogP) is 1.71. The van der Waals surface area contributed by atoms with Gasteiger partial charge < -0.3 is 10.2 Å². The van der Waals surface area contributed by atoms with Gasteiger partial charge in [-0.25, -0.2) is 4.79 Å². The molecular weight excluding hydrogens is 202 g/mol. The van der Waals surface area contributed by atoms with Gasteiger partial charge in [-0.05, 0) is 11.6 Å². The maximum absolute atomic E-state index is 11.2. The highest BCUT2D eigenvalue weighted by Crippen LogP contribution is 2.11. The third kappa shape index (κ3) is 2.11. The maximum Gasteiger partial charge on any atom is 0.347 e. The van der Waals surface area contributed by atoms with Crippen LogP contribution in [-0.2, 0) is 0 Å². The Morgan fingerprint density at radius 3 is 2.56 bits per heavy atom. The van der Waals surface area contributed by atoms with Crippen LogP contribution in [0.25, 0.3) is 6.08 Å². The molecule has 0 aliphatic carbocycles. The average Bonchev–Trinajstić information content (AvgIpc) is 2.61. The van der Waals surface area contributed by atoms with Crippen LogP contribution in [0.4, 0.5) is 4.79 Å². The summed E-state index contributed by atoms with van der Waals surface area (Å²) in [4.78, 5) is 16.9. The normalized spacial score (nSPS) is 17.2. The number of amides is 2. The number of likely N-dealkylation sites (N-methyl/N-ethyl adjacent to an activating group) is 1. The van der Waals surface area contributed by atoms with Crippen molar-refractivity contribution in [3.05, 3.63) is 41.6 Å². The quantitative estimate of drug-likeness (QED) is 0.775. The van der Waals surface area contributed by atoms with Crippen molar-refractivity contribution >= 4 is 17.9 Å². The minimum absolute atomic E-state index is 0.314. The zero-order chi connectivity index (χ0) is 11.5. The lowest BCUT2D eigenvalue weighted by Crippen LogP contribution is -2.25. The summed E-state index contributed by atoms with van der Waals surface area (Å²) in [6.07, 6.45) is 1.91. The number of nitrogens with zero attached hydrogens (tertiary/aromatic N) is 2. The van der Waals surface area contributed by atoms with E-state index in [4.69, 9.17) is 0 Å². The van der Waals surface area contributed by atoms with Crippen molar-refractivity contribution in [2.75, 3.05) is 14.1 Å². The summed E-state index contributed by atoms with van der Waals surface area (Å²) in [5.41, 5.74) is 1.77. The first-order valence-electron chi connectivity index (χ1n) is 5.01. The Morgan fingerprint density at radius 1 is 1.25 bits per heavy atom. The van der Waals surface area contributed by atoms with Gasteiger partial charge in [0.25, 0.3) is 0 Å². The first-order valence-corrected chi connectivity index (χ1v) is 5.01. The number of carbonyl (C=O) groups is 1. The monoisotopic (exact) mass is 215 g/mol. The zero-order valence-electron chi connectivity index (χ0n) is 9.27. The standard InChI is InChI=1S/C12H13N3O/c1-15(2)11-10(13-12(16)14-11)8-9-6-4-3-5-7-9/h3-8H,1-2H3,(H,13,16).